The first kappa shape index (κ1) is 12.7. The summed E-state index contributed by atoms with van der Waals surface area (Å²) in [7, 11) is 0. The van der Waals surface area contributed by atoms with Gasteiger partial charge in [-0.2, -0.15) is 0 Å². The van der Waals surface area contributed by atoms with Crippen LogP contribution in [0.25, 0.3) is 0 Å². The molecule has 0 fully saturated rings. The number of aliphatic carboxylic acids is 2. The summed E-state index contributed by atoms with van der Waals surface area (Å²) in [5.41, 5.74) is -0.198. The van der Waals surface area contributed by atoms with Crippen molar-refractivity contribution in [3.63, 3.8) is 0 Å². The number of carboxylic acids is 3. The van der Waals surface area contributed by atoms with Gasteiger partial charge in [0.25, 0.3) is 0 Å². The Labute approximate surface area is 96.1 Å². The average molecular weight is 238 g/mol. The van der Waals surface area contributed by atoms with Crippen LogP contribution in [0.2, 0.25) is 0 Å². The van der Waals surface area contributed by atoms with Gasteiger partial charge >= 0.3 is 17.9 Å². The third-order valence-electron chi connectivity index (χ3n) is 2.24. The Bertz CT molecular complexity index is 465. The lowest BCUT2D eigenvalue weighted by atomic mass is 9.91. The highest BCUT2D eigenvalue weighted by atomic mass is 16.4. The number of carbonyl (C=O) groups is 3. The Balaban J connectivity index is 3.22. The van der Waals surface area contributed by atoms with Crippen LogP contribution < -0.4 is 0 Å². The molecule has 6 heteroatoms. The van der Waals surface area contributed by atoms with Crippen molar-refractivity contribution in [3.8, 4) is 0 Å². The van der Waals surface area contributed by atoms with E-state index in [1.54, 1.807) is 0 Å². The van der Waals surface area contributed by atoms with Gasteiger partial charge in [0.05, 0.1) is 17.9 Å². The molecule has 1 rings (SSSR count). The largest absolute Gasteiger partial charge is 0.481 e. The number of hydrogen-bond acceptors (Lipinski definition) is 3. The maximum absolute atomic E-state index is 11.0. The highest BCUT2D eigenvalue weighted by molar-refractivity contribution is 5.93. The molecular weight excluding hydrogens is 228 g/mol. The van der Waals surface area contributed by atoms with E-state index in [1.165, 1.54) is 24.3 Å². The van der Waals surface area contributed by atoms with Crippen molar-refractivity contribution in [2.45, 2.75) is 12.3 Å². The summed E-state index contributed by atoms with van der Waals surface area (Å²) in [6, 6.07) is 5.48. The van der Waals surface area contributed by atoms with Crippen LogP contribution >= 0.6 is 0 Å². The van der Waals surface area contributed by atoms with E-state index >= 15 is 0 Å². The Morgan fingerprint density at radius 2 is 1.65 bits per heavy atom. The van der Waals surface area contributed by atoms with Gasteiger partial charge in [0, 0.05) is 0 Å². The highest BCUT2D eigenvalue weighted by Crippen LogP contribution is 2.24. The quantitative estimate of drug-likeness (QED) is 0.706. The van der Waals surface area contributed by atoms with Crippen LogP contribution in [-0.2, 0) is 9.59 Å². The van der Waals surface area contributed by atoms with E-state index in [9.17, 15) is 14.4 Å². The molecule has 17 heavy (non-hydrogen) atoms. The smallest absolute Gasteiger partial charge is 0.335 e. The van der Waals surface area contributed by atoms with Crippen molar-refractivity contribution in [1.29, 1.82) is 0 Å². The number of aromatic carboxylic acids is 1. The zero-order valence-electron chi connectivity index (χ0n) is 8.66. The van der Waals surface area contributed by atoms with Gasteiger partial charge in [-0.3, -0.25) is 9.59 Å². The molecule has 0 heterocycles. The first-order chi connectivity index (χ1) is 7.93. The molecule has 1 unspecified atom stereocenters. The first-order valence-corrected chi connectivity index (χ1v) is 4.70. The normalized spacial score (nSPS) is 11.8. The molecule has 90 valence electrons. The Morgan fingerprint density at radius 3 is 2.12 bits per heavy atom. The molecule has 1 aromatic rings. The van der Waals surface area contributed by atoms with E-state index in [0.717, 1.165) is 0 Å². The monoisotopic (exact) mass is 238 g/mol. The topological polar surface area (TPSA) is 112 Å². The fourth-order valence-corrected chi connectivity index (χ4v) is 1.50. The molecule has 0 aliphatic rings. The molecule has 1 aromatic carbocycles. The molecule has 0 saturated heterocycles. The zero-order chi connectivity index (χ0) is 13.0. The lowest BCUT2D eigenvalue weighted by molar-refractivity contribution is -0.145. The van der Waals surface area contributed by atoms with Crippen LogP contribution in [0, 0.1) is 0 Å². The number of rotatable bonds is 5. The van der Waals surface area contributed by atoms with Gasteiger partial charge in [-0.05, 0) is 11.6 Å². The van der Waals surface area contributed by atoms with Gasteiger partial charge < -0.3 is 15.3 Å². The van der Waals surface area contributed by atoms with Crippen LogP contribution in [0.1, 0.15) is 28.3 Å². The summed E-state index contributed by atoms with van der Waals surface area (Å²) in [5, 5.41) is 26.4. The zero-order valence-corrected chi connectivity index (χ0v) is 8.66. The Hall–Kier alpha value is -2.37. The molecule has 0 spiro atoms. The van der Waals surface area contributed by atoms with E-state index in [-0.39, 0.29) is 11.1 Å². The van der Waals surface area contributed by atoms with Gasteiger partial charge in [0.1, 0.15) is 0 Å². The fourth-order valence-electron chi connectivity index (χ4n) is 1.50. The molecule has 0 aliphatic carbocycles. The van der Waals surface area contributed by atoms with E-state index in [1.807, 2.05) is 0 Å². The number of benzene rings is 1. The highest BCUT2D eigenvalue weighted by Gasteiger charge is 2.27. The summed E-state index contributed by atoms with van der Waals surface area (Å²) in [6.45, 7) is 0. The van der Waals surface area contributed by atoms with Gasteiger partial charge in [-0.15, -0.1) is 0 Å². The molecule has 0 amide bonds. The van der Waals surface area contributed by atoms with Crippen molar-refractivity contribution in [2.75, 3.05) is 0 Å². The average Bonchev–Trinajstić information content (AvgIpc) is 2.25. The summed E-state index contributed by atoms with van der Waals surface area (Å²) in [4.78, 5) is 32.4. The van der Waals surface area contributed by atoms with E-state index in [0.29, 0.717) is 0 Å². The molecule has 0 radical (unpaired) electrons. The maximum Gasteiger partial charge on any atom is 0.335 e. The first-order valence-electron chi connectivity index (χ1n) is 4.70. The molecule has 3 N–H and O–H groups in total. The van der Waals surface area contributed by atoms with Crippen LogP contribution in [0.15, 0.2) is 24.3 Å². The minimum Gasteiger partial charge on any atom is -0.481 e. The molecular formula is C11H10O6. The van der Waals surface area contributed by atoms with Gasteiger partial charge in [-0.1, -0.05) is 18.2 Å². The maximum atomic E-state index is 11.0. The van der Waals surface area contributed by atoms with Crippen molar-refractivity contribution in [2.24, 2.45) is 0 Å². The predicted octanol–water partition coefficient (Wildman–Crippen LogP) is 1.03. The van der Waals surface area contributed by atoms with E-state index in [4.69, 9.17) is 15.3 Å². The van der Waals surface area contributed by atoms with Crippen LogP contribution in [0.5, 0.6) is 0 Å². The second-order valence-electron chi connectivity index (χ2n) is 3.38. The summed E-state index contributed by atoms with van der Waals surface area (Å²) >= 11 is 0. The van der Waals surface area contributed by atoms with Crippen molar-refractivity contribution < 1.29 is 29.7 Å². The van der Waals surface area contributed by atoms with Crippen molar-refractivity contribution >= 4 is 17.9 Å². The standard InChI is InChI=1S/C11H10O6/c12-9(13)5-8(11(16)17)6-3-1-2-4-7(6)10(14)15/h1-4,8H,5H2,(H,12,13)(H,14,15)(H,16,17). The summed E-state index contributed by atoms with van der Waals surface area (Å²) in [6.07, 6.45) is -0.653. The SMILES string of the molecule is O=C(O)CC(C(=O)O)c1ccccc1C(=O)O. The Morgan fingerprint density at radius 1 is 1.06 bits per heavy atom. The van der Waals surface area contributed by atoms with E-state index in [2.05, 4.69) is 0 Å². The van der Waals surface area contributed by atoms with Gasteiger partial charge in [0.15, 0.2) is 0 Å². The fraction of sp³-hybridized carbons (Fsp3) is 0.182. The van der Waals surface area contributed by atoms with Crippen LogP contribution in [-0.4, -0.2) is 33.2 Å². The molecule has 6 nitrogen and oxygen atoms in total. The van der Waals surface area contributed by atoms with Crippen molar-refractivity contribution in [1.82, 2.24) is 0 Å². The number of hydrogen-bond donors (Lipinski definition) is 3. The van der Waals surface area contributed by atoms with Crippen LogP contribution in [0.4, 0.5) is 0 Å². The summed E-state index contributed by atoms with van der Waals surface area (Å²) < 4.78 is 0. The second kappa shape index (κ2) is 5.11. The third-order valence-corrected chi connectivity index (χ3v) is 2.24. The molecule has 0 saturated carbocycles. The third kappa shape index (κ3) is 3.04. The second-order valence-corrected chi connectivity index (χ2v) is 3.38. The molecule has 0 aliphatic heterocycles. The molecule has 1 atom stereocenters. The minimum absolute atomic E-state index is 0.00472. The Kier molecular flexibility index (Phi) is 3.82. The predicted molar refractivity (Wildman–Crippen MR) is 56.0 cm³/mol. The van der Waals surface area contributed by atoms with Gasteiger partial charge in [-0.25, -0.2) is 4.79 Å². The summed E-state index contributed by atoms with van der Waals surface area (Å²) in [5.74, 6) is -5.30. The van der Waals surface area contributed by atoms with E-state index < -0.39 is 30.2 Å². The minimum atomic E-state index is -1.36. The van der Waals surface area contributed by atoms with Crippen molar-refractivity contribution in [3.05, 3.63) is 35.4 Å². The molecule has 0 aromatic heterocycles. The molecule has 0 bridgehead atoms. The van der Waals surface area contributed by atoms with Gasteiger partial charge in [0.2, 0.25) is 0 Å². The van der Waals surface area contributed by atoms with Crippen LogP contribution in [0.3, 0.4) is 0 Å². The lowest BCUT2D eigenvalue weighted by Gasteiger charge is -2.12. The number of carboxylic acid groups (broad SMARTS) is 3. The lowest BCUT2D eigenvalue weighted by Crippen LogP contribution is -2.18.